The first-order valence-corrected chi connectivity index (χ1v) is 13.1. The van der Waals surface area contributed by atoms with Gasteiger partial charge in [-0.3, -0.25) is 14.7 Å². The van der Waals surface area contributed by atoms with Crippen LogP contribution in [0.25, 0.3) is 0 Å². The summed E-state index contributed by atoms with van der Waals surface area (Å²) in [6.45, 7) is 4.11. The van der Waals surface area contributed by atoms with Crippen molar-refractivity contribution in [3.05, 3.63) is 35.9 Å². The first-order valence-electron chi connectivity index (χ1n) is 13.1. The topological polar surface area (TPSA) is 59.4 Å². The number of hydrogen-bond acceptors (Lipinski definition) is 6. The van der Waals surface area contributed by atoms with Crippen molar-refractivity contribution in [2.45, 2.75) is 80.8 Å². The van der Waals surface area contributed by atoms with E-state index >= 15 is 0 Å². The largest absolute Gasteiger partial charge is 0.389 e. The molecule has 4 aliphatic rings. The minimum absolute atomic E-state index is 0.0324. The maximum Gasteiger partial charge on any atom is 0.166 e. The minimum atomic E-state index is -0.627. The van der Waals surface area contributed by atoms with Crippen molar-refractivity contribution in [1.29, 1.82) is 0 Å². The number of aliphatic hydroxyl groups is 2. The van der Waals surface area contributed by atoms with E-state index in [2.05, 4.69) is 59.1 Å². The van der Waals surface area contributed by atoms with Crippen LogP contribution >= 0.6 is 0 Å². The van der Waals surface area contributed by atoms with Gasteiger partial charge in [-0.15, -0.1) is 0 Å². The fraction of sp³-hybridized carbons (Fsp3) is 0.778. The molecule has 5 rings (SSSR count). The number of aliphatic hydroxyl groups excluding tert-OH is 1. The lowest BCUT2D eigenvalue weighted by Crippen LogP contribution is -2.60. The van der Waals surface area contributed by atoms with Gasteiger partial charge in [-0.2, -0.15) is 0 Å². The monoisotopic (exact) mass is 457 g/mol. The smallest absolute Gasteiger partial charge is 0.166 e. The first-order chi connectivity index (χ1) is 15.9. The number of β-amino-alcohol motifs (C(OH)–C–C–N with tert-alkyl or cyclic N) is 1. The molecule has 1 aromatic carbocycles. The quantitative estimate of drug-likeness (QED) is 0.685. The molecule has 2 heterocycles. The van der Waals surface area contributed by atoms with Crippen LogP contribution in [0.3, 0.4) is 0 Å². The van der Waals surface area contributed by atoms with Crippen LogP contribution in [-0.4, -0.2) is 89.3 Å². The SMILES string of the molecule is CN(C)[C@]1(c2ccccc2)CC[C@]2(CC1)CN(CC1CCOCC1)C(O)N2CC1(O)CCC1. The lowest BCUT2D eigenvalue weighted by Gasteiger charge is -2.53. The lowest BCUT2D eigenvalue weighted by molar-refractivity contribution is -0.146. The predicted molar refractivity (Wildman–Crippen MR) is 130 cm³/mol. The minimum Gasteiger partial charge on any atom is -0.389 e. The Morgan fingerprint density at radius 3 is 2.24 bits per heavy atom. The van der Waals surface area contributed by atoms with E-state index in [0.717, 1.165) is 84.1 Å². The van der Waals surface area contributed by atoms with E-state index in [0.29, 0.717) is 12.5 Å². The normalized spacial score (nSPS) is 35.8. The van der Waals surface area contributed by atoms with Crippen molar-refractivity contribution < 1.29 is 14.9 Å². The molecule has 0 aromatic heterocycles. The van der Waals surface area contributed by atoms with E-state index in [9.17, 15) is 10.2 Å². The summed E-state index contributed by atoms with van der Waals surface area (Å²) in [5.41, 5.74) is 0.735. The summed E-state index contributed by atoms with van der Waals surface area (Å²) in [5, 5.41) is 22.6. The molecular weight excluding hydrogens is 414 g/mol. The maximum absolute atomic E-state index is 11.5. The predicted octanol–water partition coefficient (Wildman–Crippen LogP) is 2.99. The number of nitrogens with zero attached hydrogens (tertiary/aromatic N) is 3. The maximum atomic E-state index is 11.5. The van der Waals surface area contributed by atoms with Gasteiger partial charge in [-0.05, 0) is 83.4 Å². The molecular formula is C27H43N3O3. The van der Waals surface area contributed by atoms with Crippen molar-refractivity contribution >= 4 is 0 Å². The number of rotatable bonds is 6. The molecule has 1 atom stereocenters. The van der Waals surface area contributed by atoms with Gasteiger partial charge in [-0.1, -0.05) is 30.3 Å². The molecule has 2 saturated heterocycles. The molecule has 0 bridgehead atoms. The third-order valence-electron chi connectivity index (χ3n) is 9.47. The highest BCUT2D eigenvalue weighted by Gasteiger charge is 2.56. The standard InChI is InChI=1S/C27H43N3O3/c1-28(2)27(23-7-4-3-5-8-23)15-13-25(14-16-27)20-29(19-22-9-17-33-18-10-22)24(31)30(25)21-26(32)11-6-12-26/h3-5,7-8,22,24,31-32H,6,9-21H2,1-2H3/t24?,25-,27+. The van der Waals surface area contributed by atoms with Gasteiger partial charge in [0.05, 0.1) is 5.60 Å². The van der Waals surface area contributed by atoms with Crippen molar-refractivity contribution in [3.8, 4) is 0 Å². The Morgan fingerprint density at radius 1 is 1.00 bits per heavy atom. The summed E-state index contributed by atoms with van der Waals surface area (Å²) in [4.78, 5) is 7.02. The van der Waals surface area contributed by atoms with Gasteiger partial charge in [0.2, 0.25) is 0 Å². The van der Waals surface area contributed by atoms with Gasteiger partial charge in [-0.25, -0.2) is 0 Å². The van der Waals surface area contributed by atoms with Gasteiger partial charge in [0.15, 0.2) is 6.35 Å². The lowest BCUT2D eigenvalue weighted by atomic mass is 9.67. The third kappa shape index (κ3) is 4.39. The second-order valence-corrected chi connectivity index (χ2v) is 11.6. The molecule has 6 heteroatoms. The summed E-state index contributed by atoms with van der Waals surface area (Å²) in [6.07, 6.45) is 8.59. The van der Waals surface area contributed by atoms with Crippen LogP contribution in [0.1, 0.15) is 63.4 Å². The highest BCUT2D eigenvalue weighted by molar-refractivity contribution is 5.27. The number of hydrogen-bond donors (Lipinski definition) is 2. The van der Waals surface area contributed by atoms with Crippen molar-refractivity contribution in [3.63, 3.8) is 0 Å². The van der Waals surface area contributed by atoms with Crippen LogP contribution < -0.4 is 0 Å². The fourth-order valence-electron chi connectivity index (χ4n) is 7.04. The zero-order valence-corrected chi connectivity index (χ0v) is 20.6. The zero-order valence-electron chi connectivity index (χ0n) is 20.6. The Hall–Kier alpha value is -1.02. The average molecular weight is 458 g/mol. The van der Waals surface area contributed by atoms with Crippen molar-refractivity contribution in [2.24, 2.45) is 5.92 Å². The molecule has 1 aromatic rings. The Bertz CT molecular complexity index is 783. The van der Waals surface area contributed by atoms with Gasteiger partial charge in [0.25, 0.3) is 0 Å². The van der Waals surface area contributed by atoms with Gasteiger partial charge in [0.1, 0.15) is 0 Å². The summed E-state index contributed by atoms with van der Waals surface area (Å²) in [7, 11) is 4.42. The molecule has 2 aliphatic heterocycles. The Labute approximate surface area is 199 Å². The molecule has 1 unspecified atom stereocenters. The molecule has 1 spiro atoms. The second kappa shape index (κ2) is 9.21. The van der Waals surface area contributed by atoms with E-state index in [1.54, 1.807) is 0 Å². The van der Waals surface area contributed by atoms with Gasteiger partial charge >= 0.3 is 0 Å². The van der Waals surface area contributed by atoms with Crippen LogP contribution in [-0.2, 0) is 10.3 Å². The molecule has 2 saturated carbocycles. The second-order valence-electron chi connectivity index (χ2n) is 11.6. The molecule has 2 N–H and O–H groups in total. The van der Waals surface area contributed by atoms with E-state index in [1.165, 1.54) is 5.56 Å². The van der Waals surface area contributed by atoms with E-state index in [-0.39, 0.29) is 11.1 Å². The van der Waals surface area contributed by atoms with Gasteiger partial charge < -0.3 is 14.9 Å². The Morgan fingerprint density at radius 2 is 1.67 bits per heavy atom. The Balaban J connectivity index is 1.38. The number of ether oxygens (including phenoxy) is 1. The van der Waals surface area contributed by atoms with E-state index in [4.69, 9.17) is 4.74 Å². The first kappa shape index (κ1) is 23.7. The summed E-state index contributed by atoms with van der Waals surface area (Å²) in [5.74, 6) is 0.589. The Kier molecular flexibility index (Phi) is 6.62. The van der Waals surface area contributed by atoms with Crippen LogP contribution in [0, 0.1) is 5.92 Å². The van der Waals surface area contributed by atoms with Gasteiger partial charge in [0, 0.05) is 43.9 Å². The molecule has 2 aliphatic carbocycles. The molecule has 0 amide bonds. The molecule has 184 valence electrons. The average Bonchev–Trinajstić information content (AvgIpc) is 3.05. The van der Waals surface area contributed by atoms with Crippen LogP contribution in [0.5, 0.6) is 0 Å². The highest BCUT2D eigenvalue weighted by Crippen LogP contribution is 2.50. The zero-order chi connectivity index (χ0) is 23.1. The van der Waals surface area contributed by atoms with Crippen LogP contribution in [0.15, 0.2) is 30.3 Å². The van der Waals surface area contributed by atoms with Crippen molar-refractivity contribution in [1.82, 2.24) is 14.7 Å². The molecule has 0 radical (unpaired) electrons. The molecule has 4 fully saturated rings. The third-order valence-corrected chi connectivity index (χ3v) is 9.47. The van der Waals surface area contributed by atoms with E-state index < -0.39 is 12.0 Å². The summed E-state index contributed by atoms with van der Waals surface area (Å²) in [6, 6.07) is 10.9. The van der Waals surface area contributed by atoms with Crippen LogP contribution in [0.2, 0.25) is 0 Å². The molecule has 6 nitrogen and oxygen atoms in total. The van der Waals surface area contributed by atoms with Crippen molar-refractivity contribution in [2.75, 3.05) is 46.9 Å². The highest BCUT2D eigenvalue weighted by atomic mass is 16.5. The van der Waals surface area contributed by atoms with E-state index in [1.807, 2.05) is 0 Å². The summed E-state index contributed by atoms with van der Waals surface area (Å²) < 4.78 is 5.57. The fourth-order valence-corrected chi connectivity index (χ4v) is 7.04. The number of benzene rings is 1. The summed E-state index contributed by atoms with van der Waals surface area (Å²) >= 11 is 0. The molecule has 33 heavy (non-hydrogen) atoms. The van der Waals surface area contributed by atoms with Crippen LogP contribution in [0.4, 0.5) is 0 Å².